The largest absolute Gasteiger partial charge is 0.354 e. The van der Waals surface area contributed by atoms with Crippen LogP contribution in [0.2, 0.25) is 0 Å². The maximum absolute atomic E-state index is 13.2. The lowest BCUT2D eigenvalue weighted by molar-refractivity contribution is -0.128. The van der Waals surface area contributed by atoms with Crippen molar-refractivity contribution < 1.29 is 14.0 Å². The maximum atomic E-state index is 13.2. The molecule has 1 aromatic heterocycles. The average molecular weight is 464 g/mol. The third-order valence-electron chi connectivity index (χ3n) is 6.39. The molecule has 2 aromatic carbocycles. The predicted octanol–water partition coefficient (Wildman–Crippen LogP) is 2.90. The van der Waals surface area contributed by atoms with Gasteiger partial charge in [0.1, 0.15) is 5.82 Å². The molecule has 0 saturated carbocycles. The highest BCUT2D eigenvalue weighted by Crippen LogP contribution is 2.24. The van der Waals surface area contributed by atoms with Crippen LogP contribution in [0.25, 0.3) is 0 Å². The van der Waals surface area contributed by atoms with Crippen LogP contribution in [0.5, 0.6) is 0 Å². The Labute approximate surface area is 199 Å². The molecule has 4 rings (SSSR count). The third kappa shape index (κ3) is 5.34. The molecule has 0 radical (unpaired) electrons. The average Bonchev–Trinajstić information content (AvgIpc) is 3.05. The van der Waals surface area contributed by atoms with Crippen LogP contribution in [0.3, 0.4) is 0 Å². The van der Waals surface area contributed by atoms with Crippen molar-refractivity contribution in [2.24, 2.45) is 7.05 Å². The van der Waals surface area contributed by atoms with Crippen molar-refractivity contribution in [1.82, 2.24) is 20.0 Å². The number of nitrogens with zero attached hydrogens (tertiary/aromatic N) is 3. The van der Waals surface area contributed by atoms with E-state index in [1.165, 1.54) is 12.1 Å². The van der Waals surface area contributed by atoms with Crippen molar-refractivity contribution in [3.8, 4) is 0 Å². The van der Waals surface area contributed by atoms with E-state index in [0.29, 0.717) is 31.6 Å². The van der Waals surface area contributed by atoms with Gasteiger partial charge in [-0.3, -0.25) is 19.2 Å². The number of carbonyl (C=O) groups excluding carboxylic acids is 2. The minimum atomic E-state index is -0.454. The molecule has 1 unspecified atom stereocenters. The van der Waals surface area contributed by atoms with Gasteiger partial charge >= 0.3 is 0 Å². The van der Waals surface area contributed by atoms with Crippen LogP contribution in [0.15, 0.2) is 48.5 Å². The van der Waals surface area contributed by atoms with Crippen LogP contribution in [0, 0.1) is 19.7 Å². The van der Waals surface area contributed by atoms with Gasteiger partial charge in [-0.1, -0.05) is 36.4 Å². The van der Waals surface area contributed by atoms with E-state index in [0.717, 1.165) is 28.1 Å². The molecular weight excluding hydrogens is 433 g/mol. The van der Waals surface area contributed by atoms with E-state index >= 15 is 0 Å². The van der Waals surface area contributed by atoms with Crippen LogP contribution in [-0.4, -0.2) is 45.6 Å². The number of hydrogen-bond donors (Lipinski definition) is 2. The number of benzene rings is 2. The number of aromatic nitrogens is 2. The number of aryl methyl sites for hydroxylation is 2. The first-order valence-electron chi connectivity index (χ1n) is 11.4. The lowest BCUT2D eigenvalue weighted by Crippen LogP contribution is -2.52. The Morgan fingerprint density at radius 1 is 1.09 bits per heavy atom. The Morgan fingerprint density at radius 2 is 1.79 bits per heavy atom. The monoisotopic (exact) mass is 463 g/mol. The molecule has 0 spiro atoms. The Morgan fingerprint density at radius 3 is 2.47 bits per heavy atom. The van der Waals surface area contributed by atoms with Gasteiger partial charge in [0.2, 0.25) is 11.8 Å². The third-order valence-corrected chi connectivity index (χ3v) is 6.39. The molecule has 0 aliphatic carbocycles. The zero-order valence-corrected chi connectivity index (χ0v) is 19.8. The maximum Gasteiger partial charge on any atom is 0.238 e. The number of fused-ring (bicyclic) bond motifs is 1. The Balaban J connectivity index is 1.44. The number of amides is 2. The number of nitrogens with one attached hydrogen (secondary N) is 2. The fraction of sp³-hybridized carbons (Fsp3) is 0.346. The summed E-state index contributed by atoms with van der Waals surface area (Å²) in [6.07, 6.45) is 1.14. The summed E-state index contributed by atoms with van der Waals surface area (Å²) in [5.74, 6) is -0.569. The Kier molecular flexibility index (Phi) is 7.07. The molecule has 0 saturated heterocycles. The standard InChI is InChI=1S/C26H30FN5O2/c1-17-25(18(2)31(3)30-17)29-24(33)16-32-15-21-7-5-4-6-20(21)14-23(32)26(34)28-13-12-19-8-10-22(27)11-9-19/h4-11,23H,12-16H2,1-3H3,(H,28,34)(H,29,33). The SMILES string of the molecule is Cc1nn(C)c(C)c1NC(=O)CN1Cc2ccccc2CC1C(=O)NCCc1ccc(F)cc1. The molecule has 1 atom stereocenters. The van der Waals surface area contributed by atoms with E-state index < -0.39 is 6.04 Å². The molecule has 1 aliphatic rings. The van der Waals surface area contributed by atoms with Gasteiger partial charge in [0.05, 0.1) is 29.7 Å². The van der Waals surface area contributed by atoms with E-state index in [-0.39, 0.29) is 24.2 Å². The molecule has 178 valence electrons. The smallest absolute Gasteiger partial charge is 0.238 e. The molecule has 2 amide bonds. The van der Waals surface area contributed by atoms with Gasteiger partial charge in [-0.05, 0) is 55.5 Å². The zero-order valence-electron chi connectivity index (χ0n) is 19.8. The van der Waals surface area contributed by atoms with Crippen molar-refractivity contribution >= 4 is 17.5 Å². The first kappa shape index (κ1) is 23.6. The molecule has 3 aromatic rings. The van der Waals surface area contributed by atoms with Crippen molar-refractivity contribution in [1.29, 1.82) is 0 Å². The van der Waals surface area contributed by atoms with Crippen molar-refractivity contribution in [3.63, 3.8) is 0 Å². The molecule has 34 heavy (non-hydrogen) atoms. The molecule has 2 N–H and O–H groups in total. The molecule has 8 heteroatoms. The number of anilines is 1. The van der Waals surface area contributed by atoms with E-state index in [2.05, 4.69) is 15.7 Å². The first-order valence-corrected chi connectivity index (χ1v) is 11.4. The normalized spacial score (nSPS) is 15.6. The fourth-order valence-corrected chi connectivity index (χ4v) is 4.42. The number of carbonyl (C=O) groups is 2. The summed E-state index contributed by atoms with van der Waals surface area (Å²) in [6.45, 7) is 4.82. The van der Waals surface area contributed by atoms with E-state index in [1.54, 1.807) is 16.8 Å². The van der Waals surface area contributed by atoms with Crippen LogP contribution in [-0.2, 0) is 36.0 Å². The second kappa shape index (κ2) is 10.2. The Hall–Kier alpha value is -3.52. The summed E-state index contributed by atoms with van der Waals surface area (Å²) in [5.41, 5.74) is 5.55. The van der Waals surface area contributed by atoms with Gasteiger partial charge in [0, 0.05) is 20.1 Å². The zero-order chi connectivity index (χ0) is 24.2. The van der Waals surface area contributed by atoms with Crippen LogP contribution in [0.4, 0.5) is 10.1 Å². The van der Waals surface area contributed by atoms with Crippen molar-refractivity contribution in [3.05, 3.63) is 82.4 Å². The minimum absolute atomic E-state index is 0.0954. The number of hydrogen-bond acceptors (Lipinski definition) is 4. The van der Waals surface area contributed by atoms with Crippen LogP contribution >= 0.6 is 0 Å². The number of rotatable bonds is 7. The molecule has 7 nitrogen and oxygen atoms in total. The quantitative estimate of drug-likeness (QED) is 0.565. The van der Waals surface area contributed by atoms with Gasteiger partial charge in [-0.2, -0.15) is 5.10 Å². The highest BCUT2D eigenvalue weighted by Gasteiger charge is 2.32. The molecule has 0 fully saturated rings. The lowest BCUT2D eigenvalue weighted by atomic mass is 9.93. The molecular formula is C26H30FN5O2. The predicted molar refractivity (Wildman–Crippen MR) is 129 cm³/mol. The minimum Gasteiger partial charge on any atom is -0.354 e. The lowest BCUT2D eigenvalue weighted by Gasteiger charge is -2.35. The van der Waals surface area contributed by atoms with Gasteiger partial charge in [-0.15, -0.1) is 0 Å². The first-order chi connectivity index (χ1) is 16.3. The molecule has 2 heterocycles. The molecule has 1 aliphatic heterocycles. The van der Waals surface area contributed by atoms with E-state index in [4.69, 9.17) is 0 Å². The van der Waals surface area contributed by atoms with Gasteiger partial charge in [0.25, 0.3) is 0 Å². The summed E-state index contributed by atoms with van der Waals surface area (Å²) in [5, 5.41) is 10.3. The topological polar surface area (TPSA) is 79.3 Å². The van der Waals surface area contributed by atoms with Gasteiger partial charge in [-0.25, -0.2) is 4.39 Å². The van der Waals surface area contributed by atoms with Crippen LogP contribution < -0.4 is 10.6 Å². The second-order valence-electron chi connectivity index (χ2n) is 8.78. The summed E-state index contributed by atoms with van der Waals surface area (Å²) < 4.78 is 14.9. The van der Waals surface area contributed by atoms with Crippen LogP contribution in [0.1, 0.15) is 28.1 Å². The van der Waals surface area contributed by atoms with Gasteiger partial charge in [0.15, 0.2) is 0 Å². The summed E-state index contributed by atoms with van der Waals surface area (Å²) >= 11 is 0. The fourth-order valence-electron chi connectivity index (χ4n) is 4.42. The summed E-state index contributed by atoms with van der Waals surface area (Å²) in [4.78, 5) is 28.0. The van der Waals surface area contributed by atoms with Crippen molar-refractivity contribution in [2.75, 3.05) is 18.4 Å². The highest BCUT2D eigenvalue weighted by molar-refractivity contribution is 5.94. The summed E-state index contributed by atoms with van der Waals surface area (Å²) in [7, 11) is 1.84. The second-order valence-corrected chi connectivity index (χ2v) is 8.78. The van der Waals surface area contributed by atoms with Crippen molar-refractivity contribution in [2.45, 2.75) is 39.3 Å². The molecule has 0 bridgehead atoms. The summed E-state index contributed by atoms with van der Waals surface area (Å²) in [6, 6.07) is 13.8. The Bertz CT molecular complexity index is 1190. The van der Waals surface area contributed by atoms with E-state index in [1.807, 2.05) is 50.1 Å². The highest BCUT2D eigenvalue weighted by atomic mass is 19.1. The van der Waals surface area contributed by atoms with E-state index in [9.17, 15) is 14.0 Å². The van der Waals surface area contributed by atoms with Gasteiger partial charge < -0.3 is 10.6 Å². The number of halogens is 1.